The van der Waals surface area contributed by atoms with E-state index in [2.05, 4.69) is 0 Å². The van der Waals surface area contributed by atoms with Gasteiger partial charge >= 0.3 is 0 Å². The maximum absolute atomic E-state index is 9.69. The molecule has 0 fully saturated rings. The zero-order valence-corrected chi connectivity index (χ0v) is 12.9. The highest BCUT2D eigenvalue weighted by Gasteiger charge is 2.16. The van der Waals surface area contributed by atoms with Gasteiger partial charge in [-0.2, -0.15) is 0 Å². The van der Waals surface area contributed by atoms with Crippen molar-refractivity contribution in [1.29, 1.82) is 0 Å². The highest BCUT2D eigenvalue weighted by atomic mass is 16.6. The van der Waals surface area contributed by atoms with Crippen molar-refractivity contribution < 1.29 is 24.1 Å². The van der Waals surface area contributed by atoms with Crippen LogP contribution in [-0.4, -0.2) is 70.6 Å². The highest BCUT2D eigenvalue weighted by molar-refractivity contribution is 4.72. The van der Waals surface area contributed by atoms with Crippen molar-refractivity contribution >= 4 is 0 Å². The summed E-state index contributed by atoms with van der Waals surface area (Å²) in [6.45, 7) is 6.28. The molecule has 0 saturated carbocycles. The largest absolute Gasteiger partial charge is 0.389 e. The fraction of sp³-hybridized carbons (Fsp3) is 1.00. The predicted molar refractivity (Wildman–Crippen MR) is 77.9 cm³/mol. The Morgan fingerprint density at radius 1 is 0.850 bits per heavy atom. The van der Waals surface area contributed by atoms with Crippen LogP contribution in [-0.2, 0) is 18.9 Å². The quantitative estimate of drug-likeness (QED) is 0.429. The van der Waals surface area contributed by atoms with E-state index in [4.69, 9.17) is 24.7 Å². The number of rotatable bonds is 15. The van der Waals surface area contributed by atoms with E-state index < -0.39 is 5.60 Å². The van der Waals surface area contributed by atoms with Gasteiger partial charge in [-0.25, -0.2) is 0 Å². The Hall–Kier alpha value is -0.240. The molecular weight excluding hydrogens is 262 g/mol. The van der Waals surface area contributed by atoms with Crippen molar-refractivity contribution in [2.45, 2.75) is 31.8 Å². The minimum Gasteiger partial charge on any atom is -0.389 e. The second kappa shape index (κ2) is 13.7. The first-order valence-electron chi connectivity index (χ1n) is 7.27. The summed E-state index contributed by atoms with van der Waals surface area (Å²) in [5.41, 5.74) is 4.69. The van der Waals surface area contributed by atoms with Crippen LogP contribution >= 0.6 is 0 Å². The number of hydrogen-bond acceptors (Lipinski definition) is 6. The van der Waals surface area contributed by atoms with Crippen molar-refractivity contribution in [2.75, 3.05) is 59.9 Å². The van der Waals surface area contributed by atoms with Crippen molar-refractivity contribution in [3.8, 4) is 0 Å². The normalized spacial score (nSPS) is 14.4. The third kappa shape index (κ3) is 14.2. The van der Waals surface area contributed by atoms with Gasteiger partial charge in [0.2, 0.25) is 0 Å². The van der Waals surface area contributed by atoms with Gasteiger partial charge < -0.3 is 29.8 Å². The zero-order valence-electron chi connectivity index (χ0n) is 12.9. The molecule has 0 aliphatic carbocycles. The fourth-order valence-corrected chi connectivity index (χ4v) is 1.50. The molecule has 0 rings (SSSR count). The average Bonchev–Trinajstić information content (AvgIpc) is 2.44. The monoisotopic (exact) mass is 293 g/mol. The number of aliphatic hydroxyl groups is 1. The Morgan fingerprint density at radius 2 is 1.35 bits per heavy atom. The van der Waals surface area contributed by atoms with Crippen LogP contribution in [0.3, 0.4) is 0 Å². The van der Waals surface area contributed by atoms with Crippen molar-refractivity contribution in [2.24, 2.45) is 5.73 Å². The standard InChI is InChI=1S/C14H31NO5/c1-14(16,13-15)5-3-4-6-18-9-10-20-12-11-19-8-7-17-2/h16H,3-13,15H2,1-2H3. The molecule has 0 amide bonds. The Labute approximate surface area is 122 Å². The minimum atomic E-state index is -0.744. The first-order chi connectivity index (χ1) is 9.62. The lowest BCUT2D eigenvalue weighted by Crippen LogP contribution is -2.33. The van der Waals surface area contributed by atoms with E-state index in [-0.39, 0.29) is 0 Å². The molecular formula is C14H31NO5. The van der Waals surface area contributed by atoms with Gasteiger partial charge in [-0.05, 0) is 26.2 Å². The zero-order chi connectivity index (χ0) is 15.1. The topological polar surface area (TPSA) is 83.2 Å². The third-order valence-corrected chi connectivity index (χ3v) is 2.87. The Bertz CT molecular complexity index is 202. The summed E-state index contributed by atoms with van der Waals surface area (Å²) in [6.07, 6.45) is 2.55. The summed E-state index contributed by atoms with van der Waals surface area (Å²) >= 11 is 0. The first-order valence-corrected chi connectivity index (χ1v) is 7.27. The number of nitrogens with two attached hydrogens (primary N) is 1. The van der Waals surface area contributed by atoms with E-state index in [1.165, 1.54) is 0 Å². The summed E-state index contributed by atoms with van der Waals surface area (Å²) < 4.78 is 20.9. The molecule has 122 valence electrons. The van der Waals surface area contributed by atoms with Crippen molar-refractivity contribution in [3.63, 3.8) is 0 Å². The Morgan fingerprint density at radius 3 is 1.85 bits per heavy atom. The SMILES string of the molecule is COCCOCCOCCOCCCCC(C)(O)CN. The molecule has 0 radical (unpaired) electrons. The van der Waals surface area contributed by atoms with Crippen molar-refractivity contribution in [3.05, 3.63) is 0 Å². The molecule has 0 bridgehead atoms. The molecule has 0 aromatic heterocycles. The lowest BCUT2D eigenvalue weighted by atomic mass is 10.00. The van der Waals surface area contributed by atoms with Crippen LogP contribution in [0, 0.1) is 0 Å². The molecule has 3 N–H and O–H groups in total. The molecule has 1 unspecified atom stereocenters. The molecule has 20 heavy (non-hydrogen) atoms. The lowest BCUT2D eigenvalue weighted by Gasteiger charge is -2.20. The van der Waals surface area contributed by atoms with Crippen LogP contribution in [0.1, 0.15) is 26.2 Å². The van der Waals surface area contributed by atoms with Gasteiger partial charge in [-0.3, -0.25) is 0 Å². The fourth-order valence-electron chi connectivity index (χ4n) is 1.50. The highest BCUT2D eigenvalue weighted by Crippen LogP contribution is 2.11. The average molecular weight is 293 g/mol. The summed E-state index contributed by atoms with van der Waals surface area (Å²) in [7, 11) is 1.65. The number of methoxy groups -OCH3 is 1. The maximum atomic E-state index is 9.69. The smallest absolute Gasteiger partial charge is 0.0741 e. The molecule has 0 heterocycles. The van der Waals surface area contributed by atoms with Gasteiger partial charge in [0.1, 0.15) is 0 Å². The van der Waals surface area contributed by atoms with Crippen LogP contribution < -0.4 is 5.73 Å². The first kappa shape index (κ1) is 19.8. The van der Waals surface area contributed by atoms with Crippen LogP contribution in [0.2, 0.25) is 0 Å². The molecule has 0 saturated heterocycles. The van der Waals surface area contributed by atoms with Crippen LogP contribution in [0.15, 0.2) is 0 Å². The van der Waals surface area contributed by atoms with Gasteiger partial charge in [0.25, 0.3) is 0 Å². The van der Waals surface area contributed by atoms with Gasteiger partial charge in [0, 0.05) is 20.3 Å². The predicted octanol–water partition coefficient (Wildman–Crippen LogP) is 0.563. The molecule has 0 aliphatic rings. The van der Waals surface area contributed by atoms with Gasteiger partial charge in [-0.1, -0.05) is 0 Å². The molecule has 1 atom stereocenters. The summed E-state index contributed by atoms with van der Waals surface area (Å²) in [6, 6.07) is 0. The minimum absolute atomic E-state index is 0.300. The van der Waals surface area contributed by atoms with Crippen LogP contribution in [0.25, 0.3) is 0 Å². The number of hydrogen-bond donors (Lipinski definition) is 2. The van der Waals surface area contributed by atoms with Gasteiger partial charge in [-0.15, -0.1) is 0 Å². The number of ether oxygens (including phenoxy) is 4. The van der Waals surface area contributed by atoms with Crippen LogP contribution in [0.5, 0.6) is 0 Å². The molecule has 6 nitrogen and oxygen atoms in total. The van der Waals surface area contributed by atoms with Gasteiger partial charge in [0.05, 0.1) is 45.2 Å². The number of unbranched alkanes of at least 4 members (excludes halogenated alkanes) is 1. The molecule has 0 aromatic rings. The van der Waals surface area contributed by atoms with E-state index in [0.29, 0.717) is 59.2 Å². The van der Waals surface area contributed by atoms with E-state index in [1.807, 2.05) is 0 Å². The van der Waals surface area contributed by atoms with Crippen LogP contribution in [0.4, 0.5) is 0 Å². The Kier molecular flexibility index (Phi) is 13.6. The van der Waals surface area contributed by atoms with E-state index in [0.717, 1.165) is 12.8 Å². The molecule has 0 spiro atoms. The lowest BCUT2D eigenvalue weighted by molar-refractivity contribution is 0.00224. The van der Waals surface area contributed by atoms with E-state index in [1.54, 1.807) is 14.0 Å². The van der Waals surface area contributed by atoms with E-state index in [9.17, 15) is 5.11 Å². The summed E-state index contributed by atoms with van der Waals surface area (Å²) in [5.74, 6) is 0. The summed E-state index contributed by atoms with van der Waals surface area (Å²) in [5, 5.41) is 9.69. The molecule has 6 heteroatoms. The van der Waals surface area contributed by atoms with E-state index >= 15 is 0 Å². The summed E-state index contributed by atoms with van der Waals surface area (Å²) in [4.78, 5) is 0. The maximum Gasteiger partial charge on any atom is 0.0741 e. The molecule has 0 aliphatic heterocycles. The second-order valence-corrected chi connectivity index (χ2v) is 4.99. The van der Waals surface area contributed by atoms with Gasteiger partial charge in [0.15, 0.2) is 0 Å². The molecule has 0 aromatic carbocycles. The third-order valence-electron chi connectivity index (χ3n) is 2.87. The second-order valence-electron chi connectivity index (χ2n) is 4.99. The Balaban J connectivity index is 3.06. The van der Waals surface area contributed by atoms with Crippen molar-refractivity contribution in [1.82, 2.24) is 0 Å².